The number of ketones is 1. The standard InChI is InChI=1S/C17H23NO4/c1-13-12-22-11-10-18(13)17(20)5-3-4-16(19)14-6-8-15(21-2)9-7-14/h6-9,13H,3-5,10-12H2,1-2H3. The smallest absolute Gasteiger partial charge is 0.222 e. The summed E-state index contributed by atoms with van der Waals surface area (Å²) in [4.78, 5) is 26.1. The number of carbonyl (C=O) groups is 2. The second kappa shape index (κ2) is 7.94. The summed E-state index contributed by atoms with van der Waals surface area (Å²) in [6.45, 7) is 3.82. The largest absolute Gasteiger partial charge is 0.497 e. The summed E-state index contributed by atoms with van der Waals surface area (Å²) in [5.41, 5.74) is 0.660. The fourth-order valence-corrected chi connectivity index (χ4v) is 2.56. The first-order valence-corrected chi connectivity index (χ1v) is 7.66. The van der Waals surface area contributed by atoms with Gasteiger partial charge in [0.25, 0.3) is 0 Å². The van der Waals surface area contributed by atoms with Crippen LogP contribution < -0.4 is 4.74 Å². The molecule has 1 aromatic rings. The van der Waals surface area contributed by atoms with Gasteiger partial charge in [0, 0.05) is 24.9 Å². The second-order valence-electron chi connectivity index (χ2n) is 5.52. The van der Waals surface area contributed by atoms with E-state index in [1.807, 2.05) is 11.8 Å². The lowest BCUT2D eigenvalue weighted by Crippen LogP contribution is -2.47. The maximum Gasteiger partial charge on any atom is 0.222 e. The van der Waals surface area contributed by atoms with E-state index in [9.17, 15) is 9.59 Å². The number of rotatable bonds is 6. The summed E-state index contributed by atoms with van der Waals surface area (Å²) in [7, 11) is 1.59. The highest BCUT2D eigenvalue weighted by molar-refractivity contribution is 5.96. The van der Waals surface area contributed by atoms with Gasteiger partial charge in [-0.15, -0.1) is 0 Å². The van der Waals surface area contributed by atoms with Crippen LogP contribution in [-0.4, -0.2) is 49.5 Å². The van der Waals surface area contributed by atoms with Crippen molar-refractivity contribution in [3.63, 3.8) is 0 Å². The highest BCUT2D eigenvalue weighted by Gasteiger charge is 2.23. The molecule has 0 saturated carbocycles. The number of methoxy groups -OCH3 is 1. The van der Waals surface area contributed by atoms with E-state index in [-0.39, 0.29) is 17.7 Å². The zero-order valence-corrected chi connectivity index (χ0v) is 13.2. The molecule has 0 aromatic heterocycles. The minimum atomic E-state index is 0.0606. The molecule has 2 rings (SSSR count). The van der Waals surface area contributed by atoms with Crippen molar-refractivity contribution in [1.29, 1.82) is 0 Å². The van der Waals surface area contributed by atoms with E-state index in [2.05, 4.69) is 0 Å². The quantitative estimate of drug-likeness (QED) is 0.757. The van der Waals surface area contributed by atoms with E-state index in [1.165, 1.54) is 0 Å². The molecular formula is C17H23NO4. The van der Waals surface area contributed by atoms with Crippen LogP contribution in [0.1, 0.15) is 36.5 Å². The van der Waals surface area contributed by atoms with Crippen molar-refractivity contribution >= 4 is 11.7 Å². The summed E-state index contributed by atoms with van der Waals surface area (Å²) in [6.07, 6.45) is 1.37. The van der Waals surface area contributed by atoms with Crippen LogP contribution in [0.25, 0.3) is 0 Å². The molecule has 0 N–H and O–H groups in total. The molecule has 22 heavy (non-hydrogen) atoms. The predicted octanol–water partition coefficient (Wildman–Crippen LogP) is 2.30. The Morgan fingerprint density at radius 3 is 2.64 bits per heavy atom. The number of ether oxygens (including phenoxy) is 2. The molecule has 1 fully saturated rings. The van der Waals surface area contributed by atoms with Gasteiger partial charge in [-0.1, -0.05) is 0 Å². The van der Waals surface area contributed by atoms with Crippen molar-refractivity contribution in [2.45, 2.75) is 32.2 Å². The number of Topliss-reactive ketones (excluding diaryl/α,β-unsaturated/α-hetero) is 1. The minimum absolute atomic E-state index is 0.0606. The Labute approximate surface area is 131 Å². The van der Waals surface area contributed by atoms with E-state index in [4.69, 9.17) is 9.47 Å². The highest BCUT2D eigenvalue weighted by Crippen LogP contribution is 2.15. The van der Waals surface area contributed by atoms with E-state index in [0.717, 1.165) is 5.75 Å². The normalized spacial score (nSPS) is 18.1. The van der Waals surface area contributed by atoms with Gasteiger partial charge < -0.3 is 14.4 Å². The molecule has 1 aliphatic rings. The lowest BCUT2D eigenvalue weighted by molar-refractivity contribution is -0.139. The maximum absolute atomic E-state index is 12.2. The van der Waals surface area contributed by atoms with Crippen LogP contribution in [0.3, 0.4) is 0 Å². The summed E-state index contributed by atoms with van der Waals surface area (Å²) in [5, 5.41) is 0. The van der Waals surface area contributed by atoms with Gasteiger partial charge in [-0.05, 0) is 37.6 Å². The highest BCUT2D eigenvalue weighted by atomic mass is 16.5. The molecule has 5 nitrogen and oxygen atoms in total. The van der Waals surface area contributed by atoms with Crippen LogP contribution in [0.4, 0.5) is 0 Å². The zero-order chi connectivity index (χ0) is 15.9. The van der Waals surface area contributed by atoms with Crippen molar-refractivity contribution in [2.75, 3.05) is 26.9 Å². The first kappa shape index (κ1) is 16.5. The fourth-order valence-electron chi connectivity index (χ4n) is 2.56. The molecule has 0 spiro atoms. The Bertz CT molecular complexity index is 512. The summed E-state index contributed by atoms with van der Waals surface area (Å²) in [6, 6.07) is 7.18. The van der Waals surface area contributed by atoms with Crippen LogP contribution in [0.5, 0.6) is 5.75 Å². The van der Waals surface area contributed by atoms with Crippen LogP contribution in [-0.2, 0) is 9.53 Å². The van der Waals surface area contributed by atoms with Gasteiger partial charge in [0.05, 0.1) is 26.4 Å². The fraction of sp³-hybridized carbons (Fsp3) is 0.529. The van der Waals surface area contributed by atoms with Crippen molar-refractivity contribution in [1.82, 2.24) is 4.90 Å². The zero-order valence-electron chi connectivity index (χ0n) is 13.2. The molecule has 1 unspecified atom stereocenters. The molecule has 1 saturated heterocycles. The molecule has 0 radical (unpaired) electrons. The monoisotopic (exact) mass is 305 g/mol. The Hall–Kier alpha value is -1.88. The maximum atomic E-state index is 12.2. The lowest BCUT2D eigenvalue weighted by atomic mass is 10.0. The Kier molecular flexibility index (Phi) is 5.95. The average molecular weight is 305 g/mol. The Balaban J connectivity index is 1.77. The molecule has 0 aliphatic carbocycles. The van der Waals surface area contributed by atoms with E-state index >= 15 is 0 Å². The summed E-state index contributed by atoms with van der Waals surface area (Å²) < 4.78 is 10.4. The van der Waals surface area contributed by atoms with Crippen LogP contribution in [0.2, 0.25) is 0 Å². The number of hydrogen-bond acceptors (Lipinski definition) is 4. The van der Waals surface area contributed by atoms with Gasteiger partial charge in [-0.2, -0.15) is 0 Å². The van der Waals surface area contributed by atoms with E-state index < -0.39 is 0 Å². The third kappa shape index (κ3) is 4.31. The Morgan fingerprint density at radius 2 is 2.00 bits per heavy atom. The van der Waals surface area contributed by atoms with E-state index in [0.29, 0.717) is 44.6 Å². The van der Waals surface area contributed by atoms with Gasteiger partial charge in [-0.25, -0.2) is 0 Å². The number of amides is 1. The predicted molar refractivity (Wildman–Crippen MR) is 83.2 cm³/mol. The van der Waals surface area contributed by atoms with Gasteiger partial charge in [0.2, 0.25) is 5.91 Å². The second-order valence-corrected chi connectivity index (χ2v) is 5.52. The number of nitrogens with zero attached hydrogens (tertiary/aromatic N) is 1. The van der Waals surface area contributed by atoms with Crippen molar-refractivity contribution in [3.05, 3.63) is 29.8 Å². The first-order valence-electron chi connectivity index (χ1n) is 7.66. The number of carbonyl (C=O) groups excluding carboxylic acids is 2. The SMILES string of the molecule is COc1ccc(C(=O)CCCC(=O)N2CCOCC2C)cc1. The molecule has 0 bridgehead atoms. The minimum Gasteiger partial charge on any atom is -0.497 e. The van der Waals surface area contributed by atoms with Gasteiger partial charge in [-0.3, -0.25) is 9.59 Å². The third-order valence-electron chi connectivity index (χ3n) is 3.89. The molecule has 1 heterocycles. The molecule has 120 valence electrons. The third-order valence-corrected chi connectivity index (χ3v) is 3.89. The van der Waals surface area contributed by atoms with Crippen LogP contribution in [0.15, 0.2) is 24.3 Å². The van der Waals surface area contributed by atoms with Crippen molar-refractivity contribution in [3.8, 4) is 5.75 Å². The number of morpholine rings is 1. The molecule has 5 heteroatoms. The number of benzene rings is 1. The lowest BCUT2D eigenvalue weighted by Gasteiger charge is -2.33. The summed E-state index contributed by atoms with van der Waals surface area (Å²) in [5.74, 6) is 0.900. The molecule has 1 amide bonds. The van der Waals surface area contributed by atoms with Crippen LogP contribution in [0, 0.1) is 0 Å². The molecular weight excluding hydrogens is 282 g/mol. The number of hydrogen-bond donors (Lipinski definition) is 0. The van der Waals surface area contributed by atoms with Gasteiger partial charge in [0.15, 0.2) is 5.78 Å². The molecule has 1 aromatic carbocycles. The molecule has 1 aliphatic heterocycles. The average Bonchev–Trinajstić information content (AvgIpc) is 2.55. The van der Waals surface area contributed by atoms with Crippen LogP contribution >= 0.6 is 0 Å². The van der Waals surface area contributed by atoms with Gasteiger partial charge in [0.1, 0.15) is 5.75 Å². The Morgan fingerprint density at radius 1 is 1.27 bits per heavy atom. The topological polar surface area (TPSA) is 55.8 Å². The molecule has 1 atom stereocenters. The first-order chi connectivity index (χ1) is 10.6. The van der Waals surface area contributed by atoms with Crippen molar-refractivity contribution < 1.29 is 19.1 Å². The summed E-state index contributed by atoms with van der Waals surface area (Å²) >= 11 is 0. The van der Waals surface area contributed by atoms with Crippen molar-refractivity contribution in [2.24, 2.45) is 0 Å². The van der Waals surface area contributed by atoms with Gasteiger partial charge >= 0.3 is 0 Å². The van der Waals surface area contributed by atoms with E-state index in [1.54, 1.807) is 31.4 Å².